The maximum Gasteiger partial charge on any atom is 0.326 e. The van der Waals surface area contributed by atoms with E-state index >= 15 is 0 Å². The van der Waals surface area contributed by atoms with Crippen LogP contribution in [0.15, 0.2) is 48.5 Å². The highest BCUT2D eigenvalue weighted by Crippen LogP contribution is 2.24. The first-order valence-corrected chi connectivity index (χ1v) is 19.2. The number of hydrogen-bond donors (Lipinski definition) is 3. The van der Waals surface area contributed by atoms with E-state index in [-0.39, 0.29) is 43.7 Å². The minimum absolute atomic E-state index is 0.0748. The van der Waals surface area contributed by atoms with Crippen LogP contribution in [0.1, 0.15) is 136 Å². The molecule has 0 unspecified atom stereocenters. The van der Waals surface area contributed by atoms with Gasteiger partial charge < -0.3 is 25.3 Å². The van der Waals surface area contributed by atoms with Crippen LogP contribution in [0.2, 0.25) is 0 Å². The smallest absolute Gasteiger partial charge is 0.326 e. The van der Waals surface area contributed by atoms with Gasteiger partial charge in [0.2, 0.25) is 11.8 Å². The van der Waals surface area contributed by atoms with Crippen LogP contribution in [0.4, 0.5) is 0 Å². The number of carboxylic acid groups (broad SMARTS) is 1. The molecule has 0 fully saturated rings. The molecule has 0 aliphatic carbocycles. The quantitative estimate of drug-likeness (QED) is 0.0733. The lowest BCUT2D eigenvalue weighted by molar-refractivity contribution is -0.143. The second kappa shape index (κ2) is 22.1. The van der Waals surface area contributed by atoms with Gasteiger partial charge in [-0.25, -0.2) is 4.79 Å². The van der Waals surface area contributed by atoms with Crippen molar-refractivity contribution in [1.82, 2.24) is 10.6 Å². The van der Waals surface area contributed by atoms with E-state index in [1.807, 2.05) is 39.8 Å². The van der Waals surface area contributed by atoms with Crippen LogP contribution in [0.25, 0.3) is 11.1 Å². The number of ether oxygens (including phenoxy) is 1. The summed E-state index contributed by atoms with van der Waals surface area (Å²) < 4.78 is 6.08. The highest BCUT2D eigenvalue weighted by molar-refractivity contribution is 6.00. The van der Waals surface area contributed by atoms with Crippen LogP contribution in [-0.4, -0.2) is 64.0 Å². The molecule has 5 atom stereocenters. The van der Waals surface area contributed by atoms with Crippen LogP contribution in [-0.2, 0) is 35.1 Å². The first-order valence-electron chi connectivity index (χ1n) is 19.2. The van der Waals surface area contributed by atoms with Crippen LogP contribution < -0.4 is 10.6 Å². The molecule has 53 heavy (non-hydrogen) atoms. The van der Waals surface area contributed by atoms with Crippen molar-refractivity contribution in [1.29, 1.82) is 0 Å². The van der Waals surface area contributed by atoms with Crippen LogP contribution in [0.5, 0.6) is 0 Å². The van der Waals surface area contributed by atoms with Crippen molar-refractivity contribution >= 4 is 35.1 Å². The Morgan fingerprint density at radius 1 is 0.755 bits per heavy atom. The van der Waals surface area contributed by atoms with Gasteiger partial charge in [0, 0.05) is 36.7 Å². The Morgan fingerprint density at radius 2 is 1.34 bits per heavy atom. The summed E-state index contributed by atoms with van der Waals surface area (Å²) in [6.45, 7) is 14.2. The lowest BCUT2D eigenvalue weighted by Crippen LogP contribution is -2.53. The van der Waals surface area contributed by atoms with E-state index in [4.69, 9.17) is 4.74 Å². The van der Waals surface area contributed by atoms with Gasteiger partial charge in [-0.1, -0.05) is 95.0 Å². The Balaban J connectivity index is 2.24. The molecule has 0 spiro atoms. The van der Waals surface area contributed by atoms with Gasteiger partial charge >= 0.3 is 5.97 Å². The van der Waals surface area contributed by atoms with Gasteiger partial charge in [0.25, 0.3) is 0 Å². The molecular weight excluding hydrogens is 672 g/mol. The fourth-order valence-electron chi connectivity index (χ4n) is 6.19. The molecule has 0 saturated carbocycles. The Bertz CT molecular complexity index is 1510. The third kappa shape index (κ3) is 16.2. The number of nitrogens with one attached hydrogen (secondary N) is 2. The molecule has 0 radical (unpaired) electrons. The minimum Gasteiger partial charge on any atom is -0.480 e. The summed E-state index contributed by atoms with van der Waals surface area (Å²) in [5.41, 5.74) is 3.03. The van der Waals surface area contributed by atoms with Crippen molar-refractivity contribution in [2.45, 2.75) is 150 Å². The third-order valence-corrected chi connectivity index (χ3v) is 9.28. The van der Waals surface area contributed by atoms with Gasteiger partial charge in [-0.2, -0.15) is 0 Å². The number of hydrogen-bond acceptors (Lipinski definition) is 7. The van der Waals surface area contributed by atoms with Crippen LogP contribution in [0.3, 0.4) is 0 Å². The normalized spacial score (nSPS) is 14.3. The number of carbonyl (C=O) groups excluding carboxylic acids is 5. The van der Waals surface area contributed by atoms with Gasteiger partial charge in [0.1, 0.15) is 17.9 Å². The number of unbranched alkanes of at least 4 members (excludes halogenated alkanes) is 3. The highest BCUT2D eigenvalue weighted by Gasteiger charge is 2.35. The maximum atomic E-state index is 13.9. The zero-order chi connectivity index (χ0) is 39.7. The summed E-state index contributed by atoms with van der Waals surface area (Å²) in [5, 5.41) is 15.0. The van der Waals surface area contributed by atoms with E-state index in [9.17, 15) is 33.9 Å². The van der Waals surface area contributed by atoms with E-state index in [2.05, 4.69) is 41.8 Å². The number of amides is 2. The van der Waals surface area contributed by atoms with Crippen molar-refractivity contribution in [3.63, 3.8) is 0 Å². The Hall–Kier alpha value is -4.18. The number of carboxylic acids is 1. The molecule has 0 aromatic heterocycles. The molecule has 2 rings (SSSR count). The van der Waals surface area contributed by atoms with Gasteiger partial charge in [0.15, 0.2) is 11.6 Å². The average molecular weight is 735 g/mol. The van der Waals surface area contributed by atoms with Gasteiger partial charge in [-0.3, -0.25) is 19.2 Å². The van der Waals surface area contributed by atoms with Crippen LogP contribution in [0, 0.1) is 11.8 Å². The van der Waals surface area contributed by atoms with Gasteiger partial charge in [-0.05, 0) is 77.0 Å². The Morgan fingerprint density at radius 3 is 1.87 bits per heavy atom. The molecule has 10 nitrogen and oxygen atoms in total. The van der Waals surface area contributed by atoms with Crippen molar-refractivity contribution in [3.8, 4) is 11.1 Å². The fourth-order valence-corrected chi connectivity index (χ4v) is 6.19. The predicted octanol–water partition coefficient (Wildman–Crippen LogP) is 7.69. The summed E-state index contributed by atoms with van der Waals surface area (Å²) in [7, 11) is 0. The summed E-state index contributed by atoms with van der Waals surface area (Å²) in [5.74, 6) is -4.94. The topological polar surface area (TPSA) is 156 Å². The molecule has 0 aliphatic rings. The standard InChI is InChI=1S/C43H62N2O8/c1-9-11-13-15-36(42(51)52)44-40(49)28(3)26-38(48)39(30(5)53-43(6,7)8)45-41(50)35(19-16-29(4)46)27-37(47)34-24-22-33(23-25-34)32-20-17-31(18-21-32)14-12-10-2/h17-18,20-25,28,30,35-36,39H,9-16,19,26-27H2,1-8H3,(H,44,49)(H,45,50)(H,51,52)/t28-,30-,35-,36+,39+/m1/s1. The van der Waals surface area contributed by atoms with Gasteiger partial charge in [-0.15, -0.1) is 0 Å². The SMILES string of the molecule is CCCCC[C@H](NC(=O)[C@H](C)CC(=O)[C@@H](NC(=O)[C@H](CCC(C)=O)CC(=O)c1ccc(-c2ccc(CCCC)cc2)cc1)[C@@H](C)OC(C)(C)C)C(=O)O. The average Bonchev–Trinajstić information content (AvgIpc) is 3.10. The van der Waals surface area contributed by atoms with E-state index in [1.54, 1.807) is 19.1 Å². The number of aryl methyl sites for hydroxylation is 1. The van der Waals surface area contributed by atoms with Gasteiger partial charge in [0.05, 0.1) is 11.7 Å². The molecule has 2 aromatic carbocycles. The van der Waals surface area contributed by atoms with E-state index in [1.165, 1.54) is 19.4 Å². The minimum atomic E-state index is -1.17. The van der Waals surface area contributed by atoms with Crippen LogP contribution >= 0.6 is 0 Å². The second-order valence-corrected chi connectivity index (χ2v) is 15.3. The summed E-state index contributed by atoms with van der Waals surface area (Å²) >= 11 is 0. The predicted molar refractivity (Wildman–Crippen MR) is 208 cm³/mol. The molecule has 0 heterocycles. The molecular formula is C43H62N2O8. The molecule has 0 aliphatic heterocycles. The van der Waals surface area contributed by atoms with E-state index < -0.39 is 59.2 Å². The van der Waals surface area contributed by atoms with Crippen molar-refractivity contribution in [2.75, 3.05) is 0 Å². The molecule has 0 bridgehead atoms. The summed E-state index contributed by atoms with van der Waals surface area (Å²) in [4.78, 5) is 78.0. The summed E-state index contributed by atoms with van der Waals surface area (Å²) in [6.07, 6.45) is 4.89. The lowest BCUT2D eigenvalue weighted by atomic mass is 9.90. The van der Waals surface area contributed by atoms with Crippen molar-refractivity contribution in [2.24, 2.45) is 11.8 Å². The lowest BCUT2D eigenvalue weighted by Gasteiger charge is -2.32. The first kappa shape index (κ1) is 45.0. The van der Waals surface area contributed by atoms with E-state index in [0.29, 0.717) is 12.0 Å². The third-order valence-electron chi connectivity index (χ3n) is 9.28. The van der Waals surface area contributed by atoms with Crippen molar-refractivity contribution in [3.05, 3.63) is 59.7 Å². The highest BCUT2D eigenvalue weighted by atomic mass is 16.5. The van der Waals surface area contributed by atoms with E-state index in [0.717, 1.165) is 43.2 Å². The molecule has 3 N–H and O–H groups in total. The maximum absolute atomic E-state index is 13.9. The number of Topliss-reactive ketones (excluding diaryl/α,β-unsaturated/α-hetero) is 3. The molecule has 10 heteroatoms. The molecule has 2 amide bonds. The number of carbonyl (C=O) groups is 6. The fraction of sp³-hybridized carbons (Fsp3) is 0.581. The second-order valence-electron chi connectivity index (χ2n) is 15.3. The number of benzene rings is 2. The largest absolute Gasteiger partial charge is 0.480 e. The zero-order valence-corrected chi connectivity index (χ0v) is 33.1. The van der Waals surface area contributed by atoms with Crippen molar-refractivity contribution < 1.29 is 38.6 Å². The number of rotatable bonds is 24. The number of aliphatic carboxylic acids is 1. The Labute approximate surface area is 316 Å². The molecule has 292 valence electrons. The molecule has 0 saturated heterocycles. The Kier molecular flexibility index (Phi) is 18.8. The zero-order valence-electron chi connectivity index (χ0n) is 33.1. The summed E-state index contributed by atoms with van der Waals surface area (Å²) in [6, 6.07) is 13.4. The number of ketones is 3. The monoisotopic (exact) mass is 734 g/mol. The first-order chi connectivity index (χ1) is 24.9. The molecule has 2 aromatic rings.